The normalized spacial score (nSPS) is 15.6. The van der Waals surface area contributed by atoms with Gasteiger partial charge in [-0.05, 0) is 134 Å². The number of benzene rings is 11. The summed E-state index contributed by atoms with van der Waals surface area (Å²) in [4.78, 5) is 4.47. The van der Waals surface area contributed by atoms with Crippen LogP contribution < -0.4 is 9.80 Å². The van der Waals surface area contributed by atoms with Crippen LogP contribution in [0.3, 0.4) is 0 Å². The number of hydrogen-bond acceptors (Lipinski definition) is 3. The Labute approximate surface area is 393 Å². The molecule has 1 aliphatic rings. The maximum Gasteiger partial charge on any atom is 0.135 e. The van der Waals surface area contributed by atoms with Crippen molar-refractivity contribution < 1.29 is 14.0 Å². The maximum absolute atomic E-state index is 10.1. The lowest BCUT2D eigenvalue weighted by Gasteiger charge is -2.35. The molecule has 1 heterocycles. The molecule has 11 aromatic carbocycles. The summed E-state index contributed by atoms with van der Waals surface area (Å²) >= 11 is 0. The zero-order valence-electron chi connectivity index (χ0n) is 42.5. The Kier molecular flexibility index (Phi) is 7.22. The first-order valence-electron chi connectivity index (χ1n) is 25.6. The second-order valence-electron chi connectivity index (χ2n) is 16.7. The van der Waals surface area contributed by atoms with Crippen LogP contribution in [0.5, 0.6) is 0 Å². The third-order valence-electron chi connectivity index (χ3n) is 13.2. The Hall–Kier alpha value is -8.66. The molecule has 0 saturated heterocycles. The summed E-state index contributed by atoms with van der Waals surface area (Å²) in [7, 11) is 0. The molecule has 0 saturated carbocycles. The average molecular weight is 850 g/mol. The minimum Gasteiger partial charge on any atom is -0.456 e. The first kappa shape index (κ1) is 31.2. The SMILES string of the molecule is [2H]c1c([2H])c([2H])c2c(C3(c4ccc5oc6ccccc6c5c4)c4ccc(N(c5ccccc5)c5ccccc5)cc4-c4cc(N(c5ccccc5)c5cccc6ccccc56)ccc43)c([2H])c([2H])c([2H])c2c1[2H]. The largest absolute Gasteiger partial charge is 0.456 e. The highest BCUT2D eigenvalue weighted by molar-refractivity contribution is 6.06. The molecular formula is C63H42N2O. The van der Waals surface area contributed by atoms with Gasteiger partial charge in [0.05, 0.1) is 20.7 Å². The number of para-hydroxylation sites is 4. The number of nitrogens with zero attached hydrogens (tertiary/aromatic N) is 2. The van der Waals surface area contributed by atoms with Crippen molar-refractivity contribution in [2.75, 3.05) is 9.80 Å². The average Bonchev–Trinajstić information content (AvgIpc) is 3.96. The van der Waals surface area contributed by atoms with E-state index in [0.29, 0.717) is 16.7 Å². The molecular weight excluding hydrogens is 801 g/mol. The van der Waals surface area contributed by atoms with Gasteiger partial charge >= 0.3 is 0 Å². The van der Waals surface area contributed by atoms with Gasteiger partial charge in [-0.1, -0.05) is 170 Å². The van der Waals surface area contributed by atoms with Gasteiger partial charge in [-0.25, -0.2) is 0 Å². The fourth-order valence-electron chi connectivity index (χ4n) is 10.4. The van der Waals surface area contributed by atoms with Crippen LogP contribution in [0, 0.1) is 0 Å². The number of anilines is 6. The third-order valence-corrected chi connectivity index (χ3v) is 13.2. The van der Waals surface area contributed by atoms with Crippen molar-refractivity contribution in [3.63, 3.8) is 0 Å². The third kappa shape index (κ3) is 5.84. The Bertz CT molecular complexity index is 4150. The monoisotopic (exact) mass is 849 g/mol. The summed E-state index contributed by atoms with van der Waals surface area (Å²) in [5.41, 5.74) is 9.37. The van der Waals surface area contributed by atoms with Crippen LogP contribution in [0.15, 0.2) is 259 Å². The molecule has 0 aliphatic heterocycles. The first-order chi connectivity index (χ1) is 35.6. The van der Waals surface area contributed by atoms with Gasteiger partial charge in [0.15, 0.2) is 0 Å². The summed E-state index contributed by atoms with van der Waals surface area (Å²) in [6.07, 6.45) is 0. The predicted molar refractivity (Wildman–Crippen MR) is 275 cm³/mol. The molecule has 310 valence electrons. The van der Waals surface area contributed by atoms with E-state index in [9.17, 15) is 6.85 Å². The van der Waals surface area contributed by atoms with E-state index in [1.54, 1.807) is 0 Å². The molecule has 0 N–H and O–H groups in total. The fourth-order valence-corrected chi connectivity index (χ4v) is 10.4. The van der Waals surface area contributed by atoms with Gasteiger partial charge in [0.25, 0.3) is 0 Å². The molecule has 1 unspecified atom stereocenters. The van der Waals surface area contributed by atoms with Crippen molar-refractivity contribution in [3.8, 4) is 11.1 Å². The van der Waals surface area contributed by atoms with Crippen LogP contribution in [-0.4, -0.2) is 0 Å². The number of fused-ring (bicyclic) bond motifs is 8. The molecule has 0 bridgehead atoms. The van der Waals surface area contributed by atoms with Crippen molar-refractivity contribution in [1.29, 1.82) is 0 Å². The van der Waals surface area contributed by atoms with Crippen molar-refractivity contribution in [2.45, 2.75) is 5.41 Å². The summed E-state index contributed by atoms with van der Waals surface area (Å²) in [5.74, 6) is 0. The standard InChI is InChI=1S/C63H42N2O/c1-4-22-46(23-5-1)64(47-24-6-2-7-25-47)49-35-37-58-54(41-49)55-42-50(65(48-26-8-3-9-27-48)60-32-17-21-44-19-11-13-29-52(44)60)36-38-59(55)63(58,57-31-16-20-43-18-10-12-28-51(43)57)45-34-39-62-56(40-45)53-30-14-15-33-61(53)66-62/h1-42H/i10D,12D,16D,18D,20D,28D,31D. The zero-order valence-corrected chi connectivity index (χ0v) is 35.5. The van der Waals surface area contributed by atoms with Crippen LogP contribution in [0.2, 0.25) is 0 Å². The first-order valence-corrected chi connectivity index (χ1v) is 22.1. The van der Waals surface area contributed by atoms with Crippen molar-refractivity contribution in [1.82, 2.24) is 0 Å². The second-order valence-corrected chi connectivity index (χ2v) is 16.7. The van der Waals surface area contributed by atoms with Gasteiger partial charge in [0.2, 0.25) is 0 Å². The number of hydrogen-bond donors (Lipinski definition) is 0. The van der Waals surface area contributed by atoms with Crippen molar-refractivity contribution >= 4 is 77.6 Å². The van der Waals surface area contributed by atoms with Crippen molar-refractivity contribution in [3.05, 3.63) is 277 Å². The molecule has 3 nitrogen and oxygen atoms in total. The molecule has 1 aliphatic carbocycles. The van der Waals surface area contributed by atoms with E-state index < -0.39 is 35.6 Å². The molecule has 12 aromatic rings. The highest BCUT2D eigenvalue weighted by Gasteiger charge is 2.48. The van der Waals surface area contributed by atoms with Crippen LogP contribution in [0.1, 0.15) is 31.8 Å². The summed E-state index contributed by atoms with van der Waals surface area (Å²) in [6.45, 7) is 0. The van der Waals surface area contributed by atoms with Gasteiger partial charge in [-0.2, -0.15) is 0 Å². The van der Waals surface area contributed by atoms with E-state index in [0.717, 1.165) is 77.9 Å². The number of rotatable bonds is 8. The van der Waals surface area contributed by atoms with Gasteiger partial charge in [-0.15, -0.1) is 0 Å². The van der Waals surface area contributed by atoms with Gasteiger partial charge in [0, 0.05) is 44.6 Å². The lowest BCUT2D eigenvalue weighted by molar-refractivity contribution is 0.668. The zero-order chi connectivity index (χ0) is 49.7. The highest BCUT2D eigenvalue weighted by Crippen LogP contribution is 2.60. The lowest BCUT2D eigenvalue weighted by atomic mass is 9.66. The quantitative estimate of drug-likeness (QED) is 0.152. The molecule has 1 aromatic heterocycles. The summed E-state index contributed by atoms with van der Waals surface area (Å²) in [5, 5.41) is 3.77. The molecule has 1 atom stereocenters. The smallest absolute Gasteiger partial charge is 0.135 e. The molecule has 3 heteroatoms. The predicted octanol–water partition coefficient (Wildman–Crippen LogP) is 17.2. The second kappa shape index (κ2) is 15.3. The van der Waals surface area contributed by atoms with Crippen LogP contribution in [0.4, 0.5) is 34.1 Å². The number of furan rings is 1. The molecule has 0 radical (unpaired) electrons. The molecule has 0 fully saturated rings. The Morgan fingerprint density at radius 2 is 0.909 bits per heavy atom. The Morgan fingerprint density at radius 1 is 0.348 bits per heavy atom. The van der Waals surface area contributed by atoms with E-state index >= 15 is 0 Å². The highest BCUT2D eigenvalue weighted by atomic mass is 16.3. The minimum atomic E-state index is -1.51. The topological polar surface area (TPSA) is 19.6 Å². The van der Waals surface area contributed by atoms with Gasteiger partial charge in [-0.3, -0.25) is 0 Å². The fraction of sp³-hybridized carbons (Fsp3) is 0.0159. The molecule has 66 heavy (non-hydrogen) atoms. The van der Waals surface area contributed by atoms with E-state index in [-0.39, 0.29) is 28.4 Å². The van der Waals surface area contributed by atoms with Crippen molar-refractivity contribution in [2.24, 2.45) is 0 Å². The Balaban J connectivity index is 1.21. The Morgan fingerprint density at radius 3 is 1.62 bits per heavy atom. The summed E-state index contributed by atoms with van der Waals surface area (Å²) < 4.78 is 72.3. The van der Waals surface area contributed by atoms with Crippen LogP contribution in [0.25, 0.3) is 54.6 Å². The van der Waals surface area contributed by atoms with E-state index in [2.05, 4.69) is 125 Å². The van der Waals surface area contributed by atoms with E-state index in [1.807, 2.05) is 97.1 Å². The van der Waals surface area contributed by atoms with Crippen LogP contribution >= 0.6 is 0 Å². The lowest BCUT2D eigenvalue weighted by Crippen LogP contribution is -2.29. The van der Waals surface area contributed by atoms with Crippen LogP contribution in [-0.2, 0) is 5.41 Å². The molecule has 0 spiro atoms. The molecule has 13 rings (SSSR count). The van der Waals surface area contributed by atoms with Gasteiger partial charge in [0.1, 0.15) is 11.2 Å². The maximum atomic E-state index is 10.1. The van der Waals surface area contributed by atoms with Gasteiger partial charge < -0.3 is 14.2 Å². The minimum absolute atomic E-state index is 0.0259. The molecule has 0 amide bonds. The summed E-state index contributed by atoms with van der Waals surface area (Å²) in [6, 6.07) is 68.8. The van der Waals surface area contributed by atoms with E-state index in [1.165, 1.54) is 0 Å². The van der Waals surface area contributed by atoms with E-state index in [4.69, 9.17) is 7.16 Å².